The average molecular weight is 255 g/mol. The molecular formula is C11H15ClN4O. The number of nitrogens with zero attached hydrogens (tertiary/aromatic N) is 3. The summed E-state index contributed by atoms with van der Waals surface area (Å²) in [6.45, 7) is 0.801. The molecule has 0 saturated heterocycles. The van der Waals surface area contributed by atoms with E-state index in [-0.39, 0.29) is 11.3 Å². The second-order valence-corrected chi connectivity index (χ2v) is 4.18. The number of allylic oxidation sites excluding steroid dienone is 1. The van der Waals surface area contributed by atoms with Gasteiger partial charge in [0.05, 0.1) is 7.11 Å². The van der Waals surface area contributed by atoms with Gasteiger partial charge in [-0.2, -0.15) is 15.0 Å². The standard InChI is InChI=1S/C11H15ClN4O/c1-17-11-15-9(12)14-10(16-11)13-7-6-8-4-2-3-5-8/h4H,2-3,5-7H2,1H3,(H,13,14,15,16). The number of halogens is 1. The van der Waals surface area contributed by atoms with Crippen molar-refractivity contribution in [3.05, 3.63) is 16.9 Å². The predicted octanol–water partition coefficient (Wildman–Crippen LogP) is 2.45. The molecule has 0 saturated carbocycles. The van der Waals surface area contributed by atoms with Crippen LogP contribution in [0, 0.1) is 0 Å². The van der Waals surface area contributed by atoms with E-state index in [2.05, 4.69) is 26.3 Å². The fourth-order valence-corrected chi connectivity index (χ4v) is 1.95. The van der Waals surface area contributed by atoms with Gasteiger partial charge in [0.25, 0.3) is 0 Å². The first-order valence-corrected chi connectivity index (χ1v) is 6.03. The number of ether oxygens (including phenoxy) is 1. The smallest absolute Gasteiger partial charge is 0.322 e. The monoisotopic (exact) mass is 254 g/mol. The molecule has 92 valence electrons. The fraction of sp³-hybridized carbons (Fsp3) is 0.545. The minimum atomic E-state index is 0.138. The van der Waals surface area contributed by atoms with Gasteiger partial charge in [-0.25, -0.2) is 0 Å². The Morgan fingerprint density at radius 1 is 1.41 bits per heavy atom. The van der Waals surface area contributed by atoms with Crippen molar-refractivity contribution in [2.45, 2.75) is 25.7 Å². The van der Waals surface area contributed by atoms with Crippen molar-refractivity contribution in [2.75, 3.05) is 19.0 Å². The van der Waals surface area contributed by atoms with Crippen LogP contribution in [0.4, 0.5) is 5.95 Å². The van der Waals surface area contributed by atoms with Crippen molar-refractivity contribution < 1.29 is 4.74 Å². The Hall–Kier alpha value is -1.36. The van der Waals surface area contributed by atoms with Gasteiger partial charge in [-0.3, -0.25) is 0 Å². The van der Waals surface area contributed by atoms with Crippen LogP contribution in [0.25, 0.3) is 0 Å². The first-order chi connectivity index (χ1) is 8.28. The van der Waals surface area contributed by atoms with Crippen LogP contribution in [0.1, 0.15) is 25.7 Å². The van der Waals surface area contributed by atoms with Crippen molar-refractivity contribution >= 4 is 17.5 Å². The van der Waals surface area contributed by atoms with Gasteiger partial charge in [-0.1, -0.05) is 11.6 Å². The molecule has 6 heteroatoms. The highest BCUT2D eigenvalue weighted by Gasteiger charge is 2.06. The molecule has 0 fully saturated rings. The summed E-state index contributed by atoms with van der Waals surface area (Å²) in [6.07, 6.45) is 7.03. The Kier molecular flexibility index (Phi) is 4.14. The van der Waals surface area contributed by atoms with Gasteiger partial charge in [0.2, 0.25) is 11.2 Å². The van der Waals surface area contributed by atoms with Crippen LogP contribution in [0.15, 0.2) is 11.6 Å². The molecule has 1 aromatic heterocycles. The van der Waals surface area contributed by atoms with Crippen molar-refractivity contribution in [3.63, 3.8) is 0 Å². The lowest BCUT2D eigenvalue weighted by atomic mass is 10.2. The van der Waals surface area contributed by atoms with Crippen LogP contribution in [0.3, 0.4) is 0 Å². The third-order valence-corrected chi connectivity index (χ3v) is 2.80. The molecule has 0 spiro atoms. The SMILES string of the molecule is COc1nc(Cl)nc(NCCC2=CCCC2)n1. The maximum Gasteiger partial charge on any atom is 0.322 e. The minimum Gasteiger partial charge on any atom is -0.467 e. The largest absolute Gasteiger partial charge is 0.467 e. The lowest BCUT2D eigenvalue weighted by Gasteiger charge is -2.06. The van der Waals surface area contributed by atoms with Crippen LogP contribution < -0.4 is 10.1 Å². The maximum atomic E-state index is 5.74. The Morgan fingerprint density at radius 3 is 3.00 bits per heavy atom. The molecule has 1 heterocycles. The number of methoxy groups -OCH3 is 1. The molecule has 0 aliphatic heterocycles. The number of rotatable bonds is 5. The summed E-state index contributed by atoms with van der Waals surface area (Å²) >= 11 is 5.74. The highest BCUT2D eigenvalue weighted by atomic mass is 35.5. The Balaban J connectivity index is 1.87. The molecular weight excluding hydrogens is 240 g/mol. The lowest BCUT2D eigenvalue weighted by Crippen LogP contribution is -2.07. The molecule has 1 aromatic rings. The van der Waals surface area contributed by atoms with Gasteiger partial charge in [-0.05, 0) is 37.3 Å². The zero-order valence-corrected chi connectivity index (χ0v) is 10.5. The Bertz CT molecular complexity index is 422. The van der Waals surface area contributed by atoms with E-state index in [0.29, 0.717) is 5.95 Å². The van der Waals surface area contributed by atoms with Crippen LogP contribution in [0.2, 0.25) is 5.28 Å². The van der Waals surface area contributed by atoms with E-state index in [1.165, 1.54) is 31.9 Å². The summed E-state index contributed by atoms with van der Waals surface area (Å²) in [5.41, 5.74) is 1.50. The highest BCUT2D eigenvalue weighted by molar-refractivity contribution is 6.28. The van der Waals surface area contributed by atoms with E-state index in [0.717, 1.165) is 13.0 Å². The molecule has 0 aromatic carbocycles. The number of hydrogen-bond donors (Lipinski definition) is 1. The lowest BCUT2D eigenvalue weighted by molar-refractivity contribution is 0.379. The summed E-state index contributed by atoms with van der Waals surface area (Å²) in [4.78, 5) is 11.8. The third kappa shape index (κ3) is 3.56. The van der Waals surface area contributed by atoms with Crippen molar-refractivity contribution in [3.8, 4) is 6.01 Å². The summed E-state index contributed by atoms with van der Waals surface area (Å²) in [5, 5.41) is 3.26. The highest BCUT2D eigenvalue weighted by Crippen LogP contribution is 2.20. The first kappa shape index (κ1) is 12.1. The first-order valence-electron chi connectivity index (χ1n) is 5.65. The zero-order valence-electron chi connectivity index (χ0n) is 9.74. The van der Waals surface area contributed by atoms with E-state index in [1.807, 2.05) is 0 Å². The number of anilines is 1. The van der Waals surface area contributed by atoms with E-state index >= 15 is 0 Å². The topological polar surface area (TPSA) is 59.9 Å². The van der Waals surface area contributed by atoms with E-state index in [1.54, 1.807) is 0 Å². The normalized spacial score (nSPS) is 14.6. The molecule has 0 atom stereocenters. The Labute approximate surface area is 105 Å². The summed E-state index contributed by atoms with van der Waals surface area (Å²) in [6, 6.07) is 0.229. The molecule has 0 radical (unpaired) electrons. The summed E-state index contributed by atoms with van der Waals surface area (Å²) < 4.78 is 4.92. The molecule has 1 aliphatic carbocycles. The van der Waals surface area contributed by atoms with Gasteiger partial charge in [0, 0.05) is 6.54 Å². The molecule has 2 rings (SSSR count). The van der Waals surface area contributed by atoms with E-state index in [9.17, 15) is 0 Å². The van der Waals surface area contributed by atoms with Gasteiger partial charge in [0.1, 0.15) is 0 Å². The molecule has 0 amide bonds. The van der Waals surface area contributed by atoms with Crippen molar-refractivity contribution in [1.29, 1.82) is 0 Å². The van der Waals surface area contributed by atoms with Crippen molar-refractivity contribution in [1.82, 2.24) is 15.0 Å². The van der Waals surface area contributed by atoms with E-state index in [4.69, 9.17) is 16.3 Å². The Morgan fingerprint density at radius 2 is 2.29 bits per heavy atom. The second kappa shape index (κ2) is 5.82. The molecule has 0 bridgehead atoms. The molecule has 17 heavy (non-hydrogen) atoms. The zero-order chi connectivity index (χ0) is 12.1. The average Bonchev–Trinajstić information content (AvgIpc) is 2.81. The summed E-state index contributed by atoms with van der Waals surface area (Å²) in [7, 11) is 1.50. The van der Waals surface area contributed by atoms with Crippen LogP contribution in [0.5, 0.6) is 6.01 Å². The van der Waals surface area contributed by atoms with Gasteiger partial charge < -0.3 is 10.1 Å². The van der Waals surface area contributed by atoms with Crippen LogP contribution >= 0.6 is 11.6 Å². The predicted molar refractivity (Wildman–Crippen MR) is 66.4 cm³/mol. The fourth-order valence-electron chi connectivity index (χ4n) is 1.80. The third-order valence-electron chi connectivity index (χ3n) is 2.63. The number of aromatic nitrogens is 3. The number of nitrogens with one attached hydrogen (secondary N) is 1. The van der Waals surface area contributed by atoms with Gasteiger partial charge in [0.15, 0.2) is 0 Å². The van der Waals surface area contributed by atoms with Gasteiger partial charge in [-0.15, -0.1) is 0 Å². The van der Waals surface area contributed by atoms with Gasteiger partial charge >= 0.3 is 6.01 Å². The van der Waals surface area contributed by atoms with E-state index < -0.39 is 0 Å². The summed E-state index contributed by atoms with van der Waals surface area (Å²) in [5.74, 6) is 0.459. The maximum absolute atomic E-state index is 5.74. The molecule has 0 unspecified atom stereocenters. The molecule has 5 nitrogen and oxygen atoms in total. The van der Waals surface area contributed by atoms with Crippen LogP contribution in [-0.2, 0) is 0 Å². The quantitative estimate of drug-likeness (QED) is 0.818. The molecule has 1 aliphatic rings. The van der Waals surface area contributed by atoms with Crippen molar-refractivity contribution in [2.24, 2.45) is 0 Å². The number of hydrogen-bond acceptors (Lipinski definition) is 5. The van der Waals surface area contributed by atoms with Crippen LogP contribution in [-0.4, -0.2) is 28.6 Å². The molecule has 1 N–H and O–H groups in total. The second-order valence-electron chi connectivity index (χ2n) is 3.85. The minimum absolute atomic E-state index is 0.138.